The van der Waals surface area contributed by atoms with Crippen molar-refractivity contribution in [2.45, 2.75) is 6.92 Å². The number of rotatable bonds is 3. The smallest absolute Gasteiger partial charge is 0.356 e. The Morgan fingerprint density at radius 3 is 2.62 bits per heavy atom. The molecule has 0 spiro atoms. The van der Waals surface area contributed by atoms with Gasteiger partial charge in [0, 0.05) is 25.0 Å². The van der Waals surface area contributed by atoms with Crippen LogP contribution in [0.4, 0.5) is 4.39 Å². The quantitative estimate of drug-likeness (QED) is 0.696. The molecule has 0 atom stereocenters. The lowest BCUT2D eigenvalue weighted by molar-refractivity contribution is 0.0515. The number of halogens is 1. The van der Waals surface area contributed by atoms with E-state index in [4.69, 9.17) is 4.74 Å². The van der Waals surface area contributed by atoms with E-state index >= 15 is 0 Å². The molecule has 0 aliphatic heterocycles. The Morgan fingerprint density at radius 2 is 2.00 bits per heavy atom. The summed E-state index contributed by atoms with van der Waals surface area (Å²) in [6.07, 6.45) is 3.47. The maximum Gasteiger partial charge on any atom is 0.356 e. The number of imidazole rings is 2. The first-order valence-electron chi connectivity index (χ1n) is 6.57. The minimum absolute atomic E-state index is 0.285. The van der Waals surface area contributed by atoms with Crippen molar-refractivity contribution in [1.82, 2.24) is 14.0 Å². The second-order valence-electron chi connectivity index (χ2n) is 4.63. The second kappa shape index (κ2) is 5.05. The van der Waals surface area contributed by atoms with Crippen LogP contribution in [-0.2, 0) is 11.8 Å². The van der Waals surface area contributed by atoms with Gasteiger partial charge in [0.1, 0.15) is 11.5 Å². The molecule has 0 aliphatic rings. The maximum absolute atomic E-state index is 12.9. The highest BCUT2D eigenvalue weighted by Crippen LogP contribution is 2.21. The molecule has 0 fully saturated rings. The van der Waals surface area contributed by atoms with Gasteiger partial charge in [-0.15, -0.1) is 0 Å². The van der Waals surface area contributed by atoms with E-state index in [1.165, 1.54) is 12.1 Å². The van der Waals surface area contributed by atoms with Gasteiger partial charge in [0.2, 0.25) is 5.78 Å². The van der Waals surface area contributed by atoms with Crippen LogP contribution in [0.15, 0.2) is 36.7 Å². The lowest BCUT2D eigenvalue weighted by Gasteiger charge is -2.01. The Hall–Kier alpha value is -2.63. The third kappa shape index (κ3) is 2.29. The molecule has 5 nitrogen and oxygen atoms in total. The Balaban J connectivity index is 2.02. The molecule has 6 heteroatoms. The van der Waals surface area contributed by atoms with E-state index in [9.17, 15) is 9.18 Å². The zero-order valence-corrected chi connectivity index (χ0v) is 11.7. The van der Waals surface area contributed by atoms with E-state index < -0.39 is 0 Å². The Kier molecular flexibility index (Phi) is 3.21. The number of nitrogens with zero attached hydrogens (tertiary/aromatic N) is 3. The predicted molar refractivity (Wildman–Crippen MR) is 75.5 cm³/mol. The number of ether oxygens (including phenoxy) is 1. The number of carbonyl (C=O) groups excluding carboxylic acids is 1. The maximum atomic E-state index is 12.9. The first-order chi connectivity index (χ1) is 10.1. The molecule has 0 bridgehead atoms. The number of hydrogen-bond donors (Lipinski definition) is 0. The van der Waals surface area contributed by atoms with Gasteiger partial charge in [-0.05, 0) is 31.2 Å². The Bertz CT molecular complexity index is 802. The summed E-state index contributed by atoms with van der Waals surface area (Å²) in [5.41, 5.74) is 1.97. The van der Waals surface area contributed by atoms with E-state index in [-0.39, 0.29) is 11.8 Å². The third-order valence-corrected chi connectivity index (χ3v) is 3.26. The molecular formula is C15H14FN3O2. The van der Waals surface area contributed by atoms with E-state index in [2.05, 4.69) is 4.98 Å². The van der Waals surface area contributed by atoms with Crippen molar-refractivity contribution in [3.05, 3.63) is 48.2 Å². The molecule has 3 rings (SSSR count). The molecule has 2 heterocycles. The molecule has 0 N–H and O–H groups in total. The molecule has 0 aliphatic carbocycles. The molecule has 0 unspecified atom stereocenters. The number of aryl methyl sites for hydroxylation is 1. The van der Waals surface area contributed by atoms with E-state index in [1.807, 2.05) is 0 Å². The van der Waals surface area contributed by atoms with Crippen LogP contribution in [0.25, 0.3) is 17.0 Å². The molecular weight excluding hydrogens is 273 g/mol. The van der Waals surface area contributed by atoms with Crippen molar-refractivity contribution >= 4 is 11.7 Å². The molecule has 21 heavy (non-hydrogen) atoms. The van der Waals surface area contributed by atoms with Crippen LogP contribution in [0, 0.1) is 5.82 Å². The molecule has 0 amide bonds. The minimum Gasteiger partial charge on any atom is -0.461 e. The van der Waals surface area contributed by atoms with Crippen molar-refractivity contribution < 1.29 is 13.9 Å². The molecule has 2 aromatic heterocycles. The van der Waals surface area contributed by atoms with Crippen LogP contribution in [0.1, 0.15) is 17.4 Å². The predicted octanol–water partition coefficient (Wildman–Crippen LogP) is 2.66. The second-order valence-corrected chi connectivity index (χ2v) is 4.63. The monoisotopic (exact) mass is 287 g/mol. The lowest BCUT2D eigenvalue weighted by atomic mass is 10.2. The van der Waals surface area contributed by atoms with Crippen molar-refractivity contribution in [1.29, 1.82) is 0 Å². The summed E-state index contributed by atoms with van der Waals surface area (Å²) in [5.74, 6) is -0.0432. The van der Waals surface area contributed by atoms with Crippen LogP contribution in [-0.4, -0.2) is 26.5 Å². The average molecular weight is 287 g/mol. The van der Waals surface area contributed by atoms with E-state index in [0.717, 1.165) is 11.3 Å². The number of benzene rings is 1. The van der Waals surface area contributed by atoms with E-state index in [1.54, 1.807) is 47.5 Å². The highest BCUT2D eigenvalue weighted by Gasteiger charge is 2.17. The zero-order chi connectivity index (χ0) is 15.0. The van der Waals surface area contributed by atoms with Gasteiger partial charge in [-0.25, -0.2) is 14.2 Å². The van der Waals surface area contributed by atoms with Crippen LogP contribution in [0.2, 0.25) is 0 Å². The molecule has 3 aromatic rings. The standard InChI is InChI=1S/C15H14FN3O2/c1-3-21-14(20)13-9-19-8-12(17-15(19)18(13)2)10-4-6-11(16)7-5-10/h4-9H,3H2,1-2H3. The van der Waals surface area contributed by atoms with Crippen LogP contribution < -0.4 is 0 Å². The van der Waals surface area contributed by atoms with Gasteiger partial charge in [0.15, 0.2) is 0 Å². The normalized spacial score (nSPS) is 11.0. The molecule has 0 radical (unpaired) electrons. The van der Waals surface area contributed by atoms with Gasteiger partial charge in [-0.3, -0.25) is 4.40 Å². The van der Waals surface area contributed by atoms with E-state index in [0.29, 0.717) is 18.1 Å². The molecule has 1 aromatic carbocycles. The van der Waals surface area contributed by atoms with Gasteiger partial charge in [-0.1, -0.05) is 0 Å². The summed E-state index contributed by atoms with van der Waals surface area (Å²) in [5, 5.41) is 0. The topological polar surface area (TPSA) is 48.5 Å². The molecule has 108 valence electrons. The average Bonchev–Trinajstić information content (AvgIpc) is 3.00. The largest absolute Gasteiger partial charge is 0.461 e. The lowest BCUT2D eigenvalue weighted by Crippen LogP contribution is -2.09. The molecule has 0 saturated heterocycles. The number of carbonyl (C=O) groups is 1. The third-order valence-electron chi connectivity index (χ3n) is 3.26. The van der Waals surface area contributed by atoms with Crippen LogP contribution in [0.5, 0.6) is 0 Å². The fourth-order valence-corrected chi connectivity index (χ4v) is 2.21. The van der Waals surface area contributed by atoms with Crippen LogP contribution in [0.3, 0.4) is 0 Å². The Morgan fingerprint density at radius 1 is 1.29 bits per heavy atom. The zero-order valence-electron chi connectivity index (χ0n) is 11.7. The SMILES string of the molecule is CCOC(=O)c1cn2cc(-c3ccc(F)cc3)nc2n1C. The summed E-state index contributed by atoms with van der Waals surface area (Å²) in [7, 11) is 1.75. The first-order valence-corrected chi connectivity index (χ1v) is 6.57. The molecule has 0 saturated carbocycles. The number of aromatic nitrogens is 3. The van der Waals surface area contributed by atoms with Gasteiger partial charge >= 0.3 is 5.97 Å². The fourth-order valence-electron chi connectivity index (χ4n) is 2.21. The van der Waals surface area contributed by atoms with Gasteiger partial charge in [-0.2, -0.15) is 0 Å². The summed E-state index contributed by atoms with van der Waals surface area (Å²) >= 11 is 0. The summed E-state index contributed by atoms with van der Waals surface area (Å²) in [6.45, 7) is 2.09. The number of hydrogen-bond acceptors (Lipinski definition) is 3. The van der Waals surface area contributed by atoms with Crippen molar-refractivity contribution in [3.63, 3.8) is 0 Å². The minimum atomic E-state index is -0.381. The van der Waals surface area contributed by atoms with Crippen LogP contribution >= 0.6 is 0 Å². The van der Waals surface area contributed by atoms with Gasteiger partial charge in [0.25, 0.3) is 0 Å². The number of fused-ring (bicyclic) bond motifs is 1. The highest BCUT2D eigenvalue weighted by molar-refractivity contribution is 5.88. The summed E-state index contributed by atoms with van der Waals surface area (Å²) in [6, 6.07) is 6.12. The van der Waals surface area contributed by atoms with Crippen molar-refractivity contribution in [2.75, 3.05) is 6.61 Å². The highest BCUT2D eigenvalue weighted by atomic mass is 19.1. The van der Waals surface area contributed by atoms with Crippen molar-refractivity contribution in [2.24, 2.45) is 7.05 Å². The first kappa shape index (κ1) is 13.4. The number of esters is 1. The fraction of sp³-hybridized carbons (Fsp3) is 0.200. The Labute approximate surface area is 120 Å². The van der Waals surface area contributed by atoms with Crippen molar-refractivity contribution in [3.8, 4) is 11.3 Å². The summed E-state index contributed by atoms with van der Waals surface area (Å²) in [4.78, 5) is 16.3. The summed E-state index contributed by atoms with van der Waals surface area (Å²) < 4.78 is 21.4. The van der Waals surface area contributed by atoms with Gasteiger partial charge in [0.05, 0.1) is 12.3 Å². The van der Waals surface area contributed by atoms with Gasteiger partial charge < -0.3 is 9.30 Å².